The van der Waals surface area contributed by atoms with Gasteiger partial charge >= 0.3 is 0 Å². The summed E-state index contributed by atoms with van der Waals surface area (Å²) in [4.78, 5) is 0. The molecule has 0 saturated heterocycles. The van der Waals surface area contributed by atoms with Gasteiger partial charge in [-0.05, 0) is 49.2 Å². The Bertz CT molecular complexity index is 502. The highest BCUT2D eigenvalue weighted by Gasteiger charge is 2.47. The summed E-state index contributed by atoms with van der Waals surface area (Å²) in [5.74, 6) is 0.989. The molecule has 2 rings (SSSR count). The molecule has 0 radical (unpaired) electrons. The van der Waals surface area contributed by atoms with Crippen LogP contribution in [0.1, 0.15) is 45.7 Å². The first-order chi connectivity index (χ1) is 9.09. The first-order valence-electron chi connectivity index (χ1n) is 7.55. The quantitative estimate of drug-likeness (QED) is 0.739. The molecule has 20 heavy (non-hydrogen) atoms. The van der Waals surface area contributed by atoms with Crippen molar-refractivity contribution in [3.05, 3.63) is 29.3 Å². The normalized spacial score (nSPS) is 22.6. The molecule has 0 aliphatic carbocycles. The minimum absolute atomic E-state index is 0.209. The molecular weight excluding hydrogens is 264 g/mol. The smallest absolute Gasteiger partial charge is 0.193 e. The molecule has 1 aliphatic heterocycles. The van der Waals surface area contributed by atoms with E-state index in [2.05, 4.69) is 65.9 Å². The van der Waals surface area contributed by atoms with Crippen molar-refractivity contribution in [2.45, 2.75) is 64.8 Å². The molecule has 112 valence electrons. The zero-order valence-electron chi connectivity index (χ0n) is 14.0. The lowest BCUT2D eigenvalue weighted by molar-refractivity contribution is 0.0465. The average Bonchev–Trinajstić information content (AvgIpc) is 2.64. The van der Waals surface area contributed by atoms with Crippen LogP contribution in [0.4, 0.5) is 0 Å². The Morgan fingerprint density at radius 3 is 2.50 bits per heavy atom. The number of aryl methyl sites for hydroxylation is 1. The predicted molar refractivity (Wildman–Crippen MR) is 86.9 cm³/mol. The summed E-state index contributed by atoms with van der Waals surface area (Å²) in [6.45, 7) is 16.4. The molecule has 0 saturated carbocycles. The number of ether oxygens (including phenoxy) is 1. The van der Waals surface area contributed by atoms with Crippen LogP contribution in [0.3, 0.4) is 0 Å². The van der Waals surface area contributed by atoms with Gasteiger partial charge in [-0.15, -0.1) is 0 Å². The van der Waals surface area contributed by atoms with Crippen molar-refractivity contribution in [3.63, 3.8) is 0 Å². The van der Waals surface area contributed by atoms with Crippen LogP contribution >= 0.6 is 0 Å². The van der Waals surface area contributed by atoms with Gasteiger partial charge in [0.1, 0.15) is 18.0 Å². The Morgan fingerprint density at radius 2 is 1.95 bits per heavy atom. The monoisotopic (exact) mass is 292 g/mol. The molecule has 0 unspecified atom stereocenters. The molecule has 0 aromatic heterocycles. The summed E-state index contributed by atoms with van der Waals surface area (Å²) in [6.07, 6.45) is 1.05. The third-order valence-corrected chi connectivity index (χ3v) is 9.38. The highest BCUT2D eigenvalue weighted by molar-refractivity contribution is 6.74. The van der Waals surface area contributed by atoms with Crippen LogP contribution in [0, 0.1) is 0 Å². The average molecular weight is 292 g/mol. The molecule has 0 spiro atoms. The van der Waals surface area contributed by atoms with Crippen LogP contribution in [0.2, 0.25) is 18.1 Å². The van der Waals surface area contributed by atoms with Crippen LogP contribution < -0.4 is 4.74 Å². The lowest BCUT2D eigenvalue weighted by Crippen LogP contribution is -2.48. The molecule has 0 N–H and O–H groups in total. The maximum Gasteiger partial charge on any atom is 0.193 e. The zero-order chi connectivity index (χ0) is 15.2. The fraction of sp³-hybridized carbons (Fsp3) is 0.647. The van der Waals surface area contributed by atoms with Crippen molar-refractivity contribution in [3.8, 4) is 5.75 Å². The van der Waals surface area contributed by atoms with E-state index < -0.39 is 8.32 Å². The minimum atomic E-state index is -1.82. The highest BCUT2D eigenvalue weighted by atomic mass is 28.4. The molecule has 1 aromatic carbocycles. The van der Waals surface area contributed by atoms with E-state index in [-0.39, 0.29) is 10.6 Å². The molecule has 0 bridgehead atoms. The van der Waals surface area contributed by atoms with Crippen molar-refractivity contribution >= 4 is 8.32 Å². The van der Waals surface area contributed by atoms with Crippen LogP contribution in [0.25, 0.3) is 0 Å². The van der Waals surface area contributed by atoms with Crippen molar-refractivity contribution in [2.24, 2.45) is 0 Å². The van der Waals surface area contributed by atoms with E-state index in [9.17, 15) is 0 Å². The summed E-state index contributed by atoms with van der Waals surface area (Å²) in [5, 5.41) is 0.209. The first-order valence-corrected chi connectivity index (χ1v) is 10.5. The second-order valence-electron chi connectivity index (χ2n) is 7.57. The predicted octanol–water partition coefficient (Wildman–Crippen LogP) is 4.88. The molecule has 2 nitrogen and oxygen atoms in total. The third-order valence-electron chi connectivity index (χ3n) is 4.81. The number of fused-ring (bicyclic) bond motifs is 1. The molecule has 1 atom stereocenters. The fourth-order valence-electron chi connectivity index (χ4n) is 2.43. The molecule has 1 heterocycles. The fourth-order valence-corrected chi connectivity index (χ4v) is 4.03. The van der Waals surface area contributed by atoms with Gasteiger partial charge in [0, 0.05) is 5.56 Å². The molecule has 0 fully saturated rings. The van der Waals surface area contributed by atoms with Crippen LogP contribution in [-0.2, 0) is 16.4 Å². The van der Waals surface area contributed by atoms with E-state index in [1.165, 1.54) is 11.1 Å². The van der Waals surface area contributed by atoms with Gasteiger partial charge in [0.15, 0.2) is 8.32 Å². The largest absolute Gasteiger partial charge is 0.490 e. The van der Waals surface area contributed by atoms with Crippen molar-refractivity contribution < 1.29 is 9.16 Å². The Morgan fingerprint density at radius 1 is 1.30 bits per heavy atom. The maximum atomic E-state index is 6.69. The lowest BCUT2D eigenvalue weighted by Gasteiger charge is -2.42. The molecule has 1 aromatic rings. The topological polar surface area (TPSA) is 18.5 Å². The summed E-state index contributed by atoms with van der Waals surface area (Å²) in [6, 6.07) is 6.50. The highest BCUT2D eigenvalue weighted by Crippen LogP contribution is 2.46. The van der Waals surface area contributed by atoms with Gasteiger partial charge in [-0.25, -0.2) is 0 Å². The number of hydrogen-bond acceptors (Lipinski definition) is 2. The summed E-state index contributed by atoms with van der Waals surface area (Å²) in [7, 11) is -1.82. The molecule has 0 amide bonds. The standard InChI is InChI=1S/C17H28O2Si/c1-8-13-9-10-15-14(11-13)17(5,12-18-15)19-20(6,7)16(2,3)4/h9-11H,8,12H2,1-7H3/t17-/m0/s1. The Hall–Kier alpha value is -0.803. The van der Waals surface area contributed by atoms with E-state index in [1.54, 1.807) is 0 Å². The third kappa shape index (κ3) is 2.66. The van der Waals surface area contributed by atoms with Gasteiger partial charge in [-0.1, -0.05) is 33.8 Å². The number of rotatable bonds is 3. The van der Waals surface area contributed by atoms with E-state index in [4.69, 9.17) is 9.16 Å². The summed E-state index contributed by atoms with van der Waals surface area (Å²) >= 11 is 0. The van der Waals surface area contributed by atoms with E-state index in [0.717, 1.165) is 12.2 Å². The second kappa shape index (κ2) is 4.88. The first kappa shape index (κ1) is 15.6. The SMILES string of the molecule is CCc1ccc2c(c1)[C@@](C)(O[Si](C)(C)C(C)(C)C)CO2. The van der Waals surface area contributed by atoms with Crippen molar-refractivity contribution in [2.75, 3.05) is 6.61 Å². The molecule has 3 heteroatoms. The zero-order valence-corrected chi connectivity index (χ0v) is 15.0. The Balaban J connectivity index is 2.36. The van der Waals surface area contributed by atoms with Crippen LogP contribution in [0.15, 0.2) is 18.2 Å². The molecular formula is C17H28O2Si. The summed E-state index contributed by atoms with van der Waals surface area (Å²) < 4.78 is 12.6. The maximum absolute atomic E-state index is 6.69. The van der Waals surface area contributed by atoms with Crippen molar-refractivity contribution in [1.82, 2.24) is 0 Å². The Labute approximate surface area is 124 Å². The van der Waals surface area contributed by atoms with Gasteiger partial charge in [0.2, 0.25) is 0 Å². The van der Waals surface area contributed by atoms with Gasteiger partial charge in [0.05, 0.1) is 0 Å². The van der Waals surface area contributed by atoms with E-state index >= 15 is 0 Å². The number of hydrogen-bond donors (Lipinski definition) is 0. The van der Waals surface area contributed by atoms with Crippen LogP contribution in [0.5, 0.6) is 5.75 Å². The summed E-state index contributed by atoms with van der Waals surface area (Å²) in [5.41, 5.74) is 2.27. The van der Waals surface area contributed by atoms with E-state index in [0.29, 0.717) is 6.61 Å². The lowest BCUT2D eigenvalue weighted by atomic mass is 9.96. The van der Waals surface area contributed by atoms with Crippen LogP contribution in [-0.4, -0.2) is 14.9 Å². The van der Waals surface area contributed by atoms with Gasteiger partial charge < -0.3 is 9.16 Å². The molecule has 1 aliphatic rings. The van der Waals surface area contributed by atoms with Crippen molar-refractivity contribution in [1.29, 1.82) is 0 Å². The van der Waals surface area contributed by atoms with E-state index in [1.807, 2.05) is 0 Å². The number of benzene rings is 1. The second-order valence-corrected chi connectivity index (χ2v) is 12.3. The van der Waals surface area contributed by atoms with Gasteiger partial charge in [-0.3, -0.25) is 0 Å². The van der Waals surface area contributed by atoms with Gasteiger partial charge in [-0.2, -0.15) is 0 Å². The van der Waals surface area contributed by atoms with Gasteiger partial charge in [0.25, 0.3) is 0 Å². The Kier molecular flexibility index (Phi) is 3.80. The minimum Gasteiger partial charge on any atom is -0.490 e.